The van der Waals surface area contributed by atoms with E-state index in [-0.39, 0.29) is 12.0 Å². The van der Waals surface area contributed by atoms with Crippen molar-refractivity contribution in [3.63, 3.8) is 0 Å². The maximum absolute atomic E-state index is 10.1. The van der Waals surface area contributed by atoms with Gasteiger partial charge < -0.3 is 14.7 Å². The van der Waals surface area contributed by atoms with Gasteiger partial charge in [0, 0.05) is 23.5 Å². The van der Waals surface area contributed by atoms with Gasteiger partial charge >= 0.3 is 0 Å². The summed E-state index contributed by atoms with van der Waals surface area (Å²) in [5.74, 6) is 1.19. The molecule has 0 aromatic heterocycles. The highest BCUT2D eigenvalue weighted by Gasteiger charge is 2.26. The first kappa shape index (κ1) is 13.8. The summed E-state index contributed by atoms with van der Waals surface area (Å²) < 4.78 is 6.44. The fourth-order valence-corrected chi connectivity index (χ4v) is 3.00. The van der Waals surface area contributed by atoms with Crippen molar-refractivity contribution in [3.8, 4) is 5.75 Å². The molecule has 1 heterocycles. The van der Waals surface area contributed by atoms with Crippen LogP contribution >= 0.6 is 15.9 Å². The van der Waals surface area contributed by atoms with Crippen LogP contribution in [-0.2, 0) is 6.42 Å². The molecule has 0 spiro atoms. The largest absolute Gasteiger partial charge is 0.496 e. The lowest BCUT2D eigenvalue weighted by Gasteiger charge is -2.34. The number of hydrogen-bond acceptors (Lipinski definition) is 3. The predicted molar refractivity (Wildman–Crippen MR) is 76.0 cm³/mol. The van der Waals surface area contributed by atoms with E-state index in [9.17, 15) is 5.11 Å². The van der Waals surface area contributed by atoms with E-state index in [2.05, 4.69) is 33.9 Å². The highest BCUT2D eigenvalue weighted by atomic mass is 79.9. The smallest absolute Gasteiger partial charge is 0.122 e. The van der Waals surface area contributed by atoms with Crippen LogP contribution in [0.3, 0.4) is 0 Å². The van der Waals surface area contributed by atoms with Gasteiger partial charge in [-0.2, -0.15) is 0 Å². The Bertz CT molecular complexity index is 411. The van der Waals surface area contributed by atoms with Gasteiger partial charge in [0.1, 0.15) is 5.75 Å². The highest BCUT2D eigenvalue weighted by Crippen LogP contribution is 2.28. The van der Waals surface area contributed by atoms with Crippen LogP contribution in [0.25, 0.3) is 0 Å². The Kier molecular flexibility index (Phi) is 4.65. The SMILES string of the molecule is COc1ccc(Br)cc1CC1CN(C)CCC1O. The fourth-order valence-electron chi connectivity index (χ4n) is 2.59. The number of methoxy groups -OCH3 is 1. The molecule has 1 N–H and O–H groups in total. The van der Waals surface area contributed by atoms with E-state index in [1.54, 1.807) is 7.11 Å². The Hall–Kier alpha value is -0.580. The maximum Gasteiger partial charge on any atom is 0.122 e. The number of likely N-dealkylation sites (tertiary alicyclic amines) is 1. The number of aliphatic hydroxyl groups excluding tert-OH is 1. The summed E-state index contributed by atoms with van der Waals surface area (Å²) in [5, 5.41) is 10.1. The Morgan fingerprint density at radius 1 is 1.50 bits per heavy atom. The summed E-state index contributed by atoms with van der Waals surface area (Å²) >= 11 is 3.49. The Labute approximate surface area is 117 Å². The van der Waals surface area contributed by atoms with Crippen molar-refractivity contribution in [3.05, 3.63) is 28.2 Å². The molecule has 3 nitrogen and oxygen atoms in total. The van der Waals surface area contributed by atoms with Crippen LogP contribution in [0.1, 0.15) is 12.0 Å². The van der Waals surface area contributed by atoms with Gasteiger partial charge in [-0.25, -0.2) is 0 Å². The molecule has 100 valence electrons. The zero-order valence-electron chi connectivity index (χ0n) is 10.9. The molecule has 2 unspecified atom stereocenters. The average Bonchev–Trinajstić information content (AvgIpc) is 2.34. The predicted octanol–water partition coefficient (Wildman–Crippen LogP) is 2.31. The van der Waals surface area contributed by atoms with E-state index in [0.29, 0.717) is 0 Å². The standard InChI is InChI=1S/C14H20BrNO2/c1-16-6-5-13(17)11(9-16)7-10-8-12(15)3-4-14(10)18-2/h3-4,8,11,13,17H,5-7,9H2,1-2H3. The third-order valence-electron chi connectivity index (χ3n) is 3.62. The Morgan fingerprint density at radius 3 is 3.00 bits per heavy atom. The molecule has 1 aromatic carbocycles. The summed E-state index contributed by atoms with van der Waals surface area (Å²) in [5.41, 5.74) is 1.16. The number of ether oxygens (including phenoxy) is 1. The van der Waals surface area contributed by atoms with Crippen molar-refractivity contribution in [2.75, 3.05) is 27.2 Å². The molecule has 4 heteroatoms. The molecule has 0 aliphatic carbocycles. The van der Waals surface area contributed by atoms with E-state index >= 15 is 0 Å². The molecule has 0 radical (unpaired) electrons. The second-order valence-corrected chi connectivity index (χ2v) is 5.95. The molecule has 2 atom stereocenters. The summed E-state index contributed by atoms with van der Waals surface area (Å²) in [6.07, 6.45) is 1.51. The summed E-state index contributed by atoms with van der Waals surface area (Å²) in [6.45, 7) is 1.92. The van der Waals surface area contributed by atoms with Crippen molar-refractivity contribution in [2.45, 2.75) is 18.9 Å². The highest BCUT2D eigenvalue weighted by molar-refractivity contribution is 9.10. The minimum Gasteiger partial charge on any atom is -0.496 e. The molecule has 1 aliphatic heterocycles. The van der Waals surface area contributed by atoms with E-state index < -0.39 is 0 Å². The van der Waals surface area contributed by atoms with Crippen molar-refractivity contribution in [2.24, 2.45) is 5.92 Å². The molecule has 1 aromatic rings. The summed E-state index contributed by atoms with van der Waals surface area (Å²) in [7, 11) is 3.80. The molecule has 0 bridgehead atoms. The zero-order chi connectivity index (χ0) is 13.1. The van der Waals surface area contributed by atoms with Crippen LogP contribution in [0.4, 0.5) is 0 Å². The molecule has 2 rings (SSSR count). The molecular weight excluding hydrogens is 294 g/mol. The number of benzene rings is 1. The van der Waals surface area contributed by atoms with Crippen LogP contribution in [0, 0.1) is 5.92 Å². The average molecular weight is 314 g/mol. The van der Waals surface area contributed by atoms with Gasteiger partial charge in [0.15, 0.2) is 0 Å². The van der Waals surface area contributed by atoms with Crippen LogP contribution in [-0.4, -0.2) is 43.4 Å². The van der Waals surface area contributed by atoms with E-state index in [4.69, 9.17) is 4.74 Å². The topological polar surface area (TPSA) is 32.7 Å². The zero-order valence-corrected chi connectivity index (χ0v) is 12.5. The van der Waals surface area contributed by atoms with Crippen molar-refractivity contribution >= 4 is 15.9 Å². The Morgan fingerprint density at radius 2 is 2.28 bits per heavy atom. The van der Waals surface area contributed by atoms with Gasteiger partial charge in [0.2, 0.25) is 0 Å². The second-order valence-electron chi connectivity index (χ2n) is 5.04. The monoisotopic (exact) mass is 313 g/mol. The second kappa shape index (κ2) is 6.04. The van der Waals surface area contributed by atoms with E-state index in [1.807, 2.05) is 12.1 Å². The number of nitrogens with zero attached hydrogens (tertiary/aromatic N) is 1. The minimum atomic E-state index is -0.204. The van der Waals surface area contributed by atoms with Crippen molar-refractivity contribution < 1.29 is 9.84 Å². The van der Waals surface area contributed by atoms with Gasteiger partial charge in [-0.05, 0) is 43.7 Å². The molecule has 0 saturated carbocycles. The van der Waals surface area contributed by atoms with Crippen LogP contribution in [0.5, 0.6) is 5.75 Å². The number of piperidine rings is 1. The van der Waals surface area contributed by atoms with Gasteiger partial charge in [-0.15, -0.1) is 0 Å². The number of aliphatic hydroxyl groups is 1. The van der Waals surface area contributed by atoms with Gasteiger partial charge in [0.05, 0.1) is 13.2 Å². The third-order valence-corrected chi connectivity index (χ3v) is 4.11. The molecule has 1 aliphatic rings. The molecule has 0 amide bonds. The quantitative estimate of drug-likeness (QED) is 0.929. The van der Waals surface area contributed by atoms with E-state index in [0.717, 1.165) is 41.7 Å². The molecule has 1 saturated heterocycles. The van der Waals surface area contributed by atoms with Gasteiger partial charge in [-0.1, -0.05) is 15.9 Å². The van der Waals surface area contributed by atoms with Crippen molar-refractivity contribution in [1.29, 1.82) is 0 Å². The van der Waals surface area contributed by atoms with Gasteiger partial charge in [0.25, 0.3) is 0 Å². The lowest BCUT2D eigenvalue weighted by atomic mass is 9.88. The minimum absolute atomic E-state index is 0.204. The summed E-state index contributed by atoms with van der Waals surface area (Å²) in [4.78, 5) is 2.28. The maximum atomic E-state index is 10.1. The fraction of sp³-hybridized carbons (Fsp3) is 0.571. The number of halogens is 1. The molecular formula is C14H20BrNO2. The normalized spacial score (nSPS) is 25.1. The molecule has 18 heavy (non-hydrogen) atoms. The van der Waals surface area contributed by atoms with Crippen molar-refractivity contribution in [1.82, 2.24) is 4.90 Å². The first-order valence-electron chi connectivity index (χ1n) is 6.29. The first-order valence-corrected chi connectivity index (χ1v) is 7.08. The van der Waals surface area contributed by atoms with Gasteiger partial charge in [-0.3, -0.25) is 0 Å². The lowest BCUT2D eigenvalue weighted by molar-refractivity contribution is 0.0364. The van der Waals surface area contributed by atoms with Crippen LogP contribution < -0.4 is 4.74 Å². The lowest BCUT2D eigenvalue weighted by Crippen LogP contribution is -2.42. The van der Waals surface area contributed by atoms with Crippen LogP contribution in [0.15, 0.2) is 22.7 Å². The number of hydrogen-bond donors (Lipinski definition) is 1. The Balaban J connectivity index is 2.14. The van der Waals surface area contributed by atoms with E-state index in [1.165, 1.54) is 0 Å². The third kappa shape index (κ3) is 3.25. The summed E-state index contributed by atoms with van der Waals surface area (Å²) in [6, 6.07) is 6.03. The van der Waals surface area contributed by atoms with Crippen LogP contribution in [0.2, 0.25) is 0 Å². The molecule has 1 fully saturated rings. The number of rotatable bonds is 3. The first-order chi connectivity index (χ1) is 8.60.